The number of halogens is 1. The highest BCUT2D eigenvalue weighted by Crippen LogP contribution is 2.24. The molecule has 0 aromatic carbocycles. The van der Waals surface area contributed by atoms with E-state index in [2.05, 4.69) is 20.4 Å². The summed E-state index contributed by atoms with van der Waals surface area (Å²) in [6, 6.07) is 0.135. The molecule has 29 heavy (non-hydrogen) atoms. The number of esters is 1. The van der Waals surface area contributed by atoms with Crippen molar-refractivity contribution in [3.63, 3.8) is 0 Å². The lowest BCUT2D eigenvalue weighted by Crippen LogP contribution is -2.36. The van der Waals surface area contributed by atoms with E-state index in [1.54, 1.807) is 4.72 Å². The Morgan fingerprint density at radius 1 is 1.21 bits per heavy atom. The van der Waals surface area contributed by atoms with Gasteiger partial charge < -0.3 is 14.2 Å². The van der Waals surface area contributed by atoms with E-state index in [-0.39, 0.29) is 24.3 Å². The van der Waals surface area contributed by atoms with E-state index in [0.717, 1.165) is 4.68 Å². The summed E-state index contributed by atoms with van der Waals surface area (Å²) in [5, 5.41) is 4.77. The van der Waals surface area contributed by atoms with Crippen LogP contribution in [0, 0.1) is 0 Å². The number of nitrogens with one attached hydrogen (secondary N) is 2. The molecule has 0 spiro atoms. The Labute approximate surface area is 170 Å². The molecule has 0 aliphatic heterocycles. The van der Waals surface area contributed by atoms with Crippen molar-refractivity contribution < 1.29 is 32.2 Å². The molecule has 0 fully saturated rings. The summed E-state index contributed by atoms with van der Waals surface area (Å²) in [5.74, 6) is -1.16. The van der Waals surface area contributed by atoms with Gasteiger partial charge in [0.15, 0.2) is 10.2 Å². The third-order valence-electron chi connectivity index (χ3n) is 3.24. The third-order valence-corrected chi connectivity index (χ3v) is 4.93. The Balaban J connectivity index is 2.31. The molecule has 13 nitrogen and oxygen atoms in total. The highest BCUT2D eigenvalue weighted by atomic mass is 35.5. The van der Waals surface area contributed by atoms with E-state index in [4.69, 9.17) is 25.8 Å². The maximum Gasteiger partial charge on any atom is 0.344 e. The van der Waals surface area contributed by atoms with E-state index < -0.39 is 37.8 Å². The molecule has 2 rings (SSSR count). The smallest absolute Gasteiger partial charge is 0.344 e. The Bertz CT molecular complexity index is 1020. The number of aryl methyl sites for hydroxylation is 1. The zero-order chi connectivity index (χ0) is 21.8. The van der Waals surface area contributed by atoms with Gasteiger partial charge in [-0.1, -0.05) is 11.6 Å². The first kappa shape index (κ1) is 22.2. The first-order valence-electron chi connectivity index (χ1n) is 7.83. The fourth-order valence-electron chi connectivity index (χ4n) is 2.13. The zero-order valence-electron chi connectivity index (χ0n) is 15.7. The maximum absolute atomic E-state index is 12.7. The second-order valence-corrected chi connectivity index (χ2v) is 7.11. The zero-order valence-corrected chi connectivity index (χ0v) is 17.3. The molecule has 15 heteroatoms. The number of nitrogens with zero attached hydrogens (tertiary/aromatic N) is 4. The molecule has 0 unspecified atom stereocenters. The van der Waals surface area contributed by atoms with Gasteiger partial charge >= 0.3 is 12.0 Å². The number of ether oxygens (including phenoxy) is 3. The first-order valence-corrected chi connectivity index (χ1v) is 9.69. The number of hydrogen-bond acceptors (Lipinski definition) is 10. The summed E-state index contributed by atoms with van der Waals surface area (Å²) in [4.78, 5) is 31.9. The number of hydrogen-bond donors (Lipinski definition) is 2. The summed E-state index contributed by atoms with van der Waals surface area (Å²) in [5.41, 5.74) is -0.504. The predicted octanol–water partition coefficient (Wildman–Crippen LogP) is 0.568. The summed E-state index contributed by atoms with van der Waals surface area (Å²) in [6.07, 6.45) is 0. The molecule has 0 saturated carbocycles. The lowest BCUT2D eigenvalue weighted by Gasteiger charge is -2.10. The van der Waals surface area contributed by atoms with Gasteiger partial charge in [0.25, 0.3) is 10.0 Å². The SMILES string of the molecule is CCOC(=O)c1c(Cl)nn(C)c1S(=O)(=O)NC(=O)Nc1nc(OC)cc(OC)n1. The van der Waals surface area contributed by atoms with Gasteiger partial charge in [-0.15, -0.1) is 0 Å². The van der Waals surface area contributed by atoms with Crippen molar-refractivity contribution in [2.24, 2.45) is 7.05 Å². The number of urea groups is 1. The van der Waals surface area contributed by atoms with Gasteiger partial charge in [-0.25, -0.2) is 14.3 Å². The highest BCUT2D eigenvalue weighted by molar-refractivity contribution is 7.90. The quantitative estimate of drug-likeness (QED) is 0.572. The molecule has 2 aromatic heterocycles. The van der Waals surface area contributed by atoms with Crippen molar-refractivity contribution in [3.05, 3.63) is 16.8 Å². The molecule has 0 aliphatic rings. The standard InChI is InChI=1S/C14H17ClN6O7S/c1-5-28-12(22)9-10(15)19-21(2)11(9)29(24,25)20-14(23)18-13-16-7(26-3)6-8(17-13)27-4/h6H,5H2,1-4H3,(H2,16,17,18,20,23). The van der Waals surface area contributed by atoms with Crippen LogP contribution >= 0.6 is 11.6 Å². The van der Waals surface area contributed by atoms with Gasteiger partial charge in [-0.2, -0.15) is 23.5 Å². The van der Waals surface area contributed by atoms with E-state index in [1.165, 1.54) is 34.3 Å². The number of sulfonamides is 1. The molecule has 0 atom stereocenters. The second kappa shape index (κ2) is 8.91. The highest BCUT2D eigenvalue weighted by Gasteiger charge is 2.33. The summed E-state index contributed by atoms with van der Waals surface area (Å²) < 4.78 is 42.5. The molecular formula is C14H17ClN6O7S. The van der Waals surface area contributed by atoms with Crippen LogP contribution in [0.1, 0.15) is 17.3 Å². The third kappa shape index (κ3) is 5.03. The number of carbonyl (C=O) groups is 2. The molecule has 2 amide bonds. The van der Waals surface area contributed by atoms with Gasteiger partial charge in [-0.05, 0) is 6.92 Å². The summed E-state index contributed by atoms with van der Waals surface area (Å²) in [6.45, 7) is 1.51. The molecule has 0 radical (unpaired) electrons. The molecule has 2 N–H and O–H groups in total. The van der Waals surface area contributed by atoms with E-state index in [0.29, 0.717) is 0 Å². The van der Waals surface area contributed by atoms with Crippen LogP contribution in [0.25, 0.3) is 0 Å². The number of rotatable bonds is 7. The van der Waals surface area contributed by atoms with E-state index in [1.807, 2.05) is 0 Å². The van der Waals surface area contributed by atoms with Crippen LogP contribution in [-0.2, 0) is 21.8 Å². The van der Waals surface area contributed by atoms with Crippen molar-refractivity contribution >= 4 is 39.6 Å². The minimum absolute atomic E-state index is 0.0214. The normalized spacial score (nSPS) is 10.9. The second-order valence-electron chi connectivity index (χ2n) is 5.15. The minimum Gasteiger partial charge on any atom is -0.481 e. The van der Waals surface area contributed by atoms with Crippen molar-refractivity contribution in [1.29, 1.82) is 0 Å². The van der Waals surface area contributed by atoms with Crippen LogP contribution in [0.15, 0.2) is 11.1 Å². The van der Waals surface area contributed by atoms with Gasteiger partial charge in [0.2, 0.25) is 17.7 Å². The van der Waals surface area contributed by atoms with Crippen molar-refractivity contribution in [2.75, 3.05) is 26.1 Å². The molecule has 2 aromatic rings. The Morgan fingerprint density at radius 3 is 2.31 bits per heavy atom. The Kier molecular flexibility index (Phi) is 6.81. The average Bonchev–Trinajstić information content (AvgIpc) is 2.95. The van der Waals surface area contributed by atoms with Crippen molar-refractivity contribution in [2.45, 2.75) is 11.9 Å². The summed E-state index contributed by atoms with van der Waals surface area (Å²) >= 11 is 5.85. The monoisotopic (exact) mass is 448 g/mol. The van der Waals surface area contributed by atoms with Crippen molar-refractivity contribution in [1.82, 2.24) is 24.5 Å². The largest absolute Gasteiger partial charge is 0.481 e. The Morgan fingerprint density at radius 2 is 1.79 bits per heavy atom. The topological polar surface area (TPSA) is 164 Å². The lowest BCUT2D eigenvalue weighted by atomic mass is 10.4. The lowest BCUT2D eigenvalue weighted by molar-refractivity contribution is 0.0521. The number of anilines is 1. The van der Waals surface area contributed by atoms with Crippen molar-refractivity contribution in [3.8, 4) is 11.8 Å². The minimum atomic E-state index is -4.58. The number of aromatic nitrogens is 4. The molecular weight excluding hydrogens is 432 g/mol. The molecule has 0 aliphatic carbocycles. The number of methoxy groups -OCH3 is 2. The van der Waals surface area contributed by atoms with Gasteiger partial charge in [-0.3, -0.25) is 10.00 Å². The molecule has 0 bridgehead atoms. The fourth-order valence-corrected chi connectivity index (χ4v) is 3.69. The van der Waals surface area contributed by atoms with Gasteiger partial charge in [0, 0.05) is 7.05 Å². The van der Waals surface area contributed by atoms with Crippen LogP contribution in [0.4, 0.5) is 10.7 Å². The summed E-state index contributed by atoms with van der Waals surface area (Å²) in [7, 11) is -0.682. The maximum atomic E-state index is 12.7. The van der Waals surface area contributed by atoms with Crippen LogP contribution in [0.5, 0.6) is 11.8 Å². The van der Waals surface area contributed by atoms with Gasteiger partial charge in [0.05, 0.1) is 26.9 Å². The predicted molar refractivity (Wildman–Crippen MR) is 98.7 cm³/mol. The molecule has 158 valence electrons. The first-order chi connectivity index (χ1) is 13.6. The number of carbonyl (C=O) groups excluding carboxylic acids is 2. The van der Waals surface area contributed by atoms with Crippen LogP contribution < -0.4 is 19.5 Å². The Hall–Kier alpha value is -3.13. The van der Waals surface area contributed by atoms with Crippen LogP contribution in [0.3, 0.4) is 0 Å². The fraction of sp³-hybridized carbons (Fsp3) is 0.357. The van der Waals surface area contributed by atoms with E-state index >= 15 is 0 Å². The molecule has 0 saturated heterocycles. The number of amides is 2. The van der Waals surface area contributed by atoms with Gasteiger partial charge in [0.1, 0.15) is 5.56 Å². The molecule has 2 heterocycles. The average molecular weight is 449 g/mol. The van der Waals surface area contributed by atoms with Crippen LogP contribution in [-0.4, -0.2) is 61.0 Å². The van der Waals surface area contributed by atoms with E-state index in [9.17, 15) is 18.0 Å². The van der Waals surface area contributed by atoms with Crippen LogP contribution in [0.2, 0.25) is 5.15 Å².